The molecule has 0 radical (unpaired) electrons. The Morgan fingerprint density at radius 2 is 1.92 bits per heavy atom. The number of nitrogens with one attached hydrogen (secondary N) is 1. The maximum atomic E-state index is 12.3. The molecular formula is C18H22N2O4. The number of nitrogens with zero attached hydrogens (tertiary/aromatic N) is 1. The lowest BCUT2D eigenvalue weighted by atomic mass is 9.83. The van der Waals surface area contributed by atoms with Gasteiger partial charge in [0.1, 0.15) is 5.54 Å². The molecule has 1 saturated carbocycles. The van der Waals surface area contributed by atoms with Crippen LogP contribution in [0.25, 0.3) is 0 Å². The molecule has 1 amide bonds. The van der Waals surface area contributed by atoms with Gasteiger partial charge in [0, 0.05) is 0 Å². The standard InChI is InChI=1S/C18H22N2O4/c1-13(16(22)20-18(12-19)9-3-2-4-10-18)24-17(23)15-7-5-14(11-21)6-8-15/h5-8,13,21H,2-4,9-11H2,1H3,(H,20,22)/t13-/m1/s1. The van der Waals surface area contributed by atoms with E-state index in [0.717, 1.165) is 19.3 Å². The second kappa shape index (κ2) is 7.93. The van der Waals surface area contributed by atoms with Gasteiger partial charge in [0.25, 0.3) is 5.91 Å². The Morgan fingerprint density at radius 1 is 1.29 bits per heavy atom. The first-order valence-corrected chi connectivity index (χ1v) is 8.14. The van der Waals surface area contributed by atoms with Crippen LogP contribution in [0.15, 0.2) is 24.3 Å². The first kappa shape index (κ1) is 18.0. The van der Waals surface area contributed by atoms with Gasteiger partial charge in [0.2, 0.25) is 0 Å². The second-order valence-electron chi connectivity index (χ2n) is 6.15. The van der Waals surface area contributed by atoms with E-state index in [1.165, 1.54) is 19.1 Å². The fourth-order valence-corrected chi connectivity index (χ4v) is 2.79. The van der Waals surface area contributed by atoms with Crippen LogP contribution in [0.1, 0.15) is 54.9 Å². The Morgan fingerprint density at radius 3 is 2.46 bits per heavy atom. The number of rotatable bonds is 5. The molecule has 0 bridgehead atoms. The Bertz CT molecular complexity index is 627. The van der Waals surface area contributed by atoms with E-state index in [2.05, 4.69) is 11.4 Å². The minimum atomic E-state index is -0.984. The Kier molecular flexibility index (Phi) is 5.93. The molecule has 1 aromatic rings. The summed E-state index contributed by atoms with van der Waals surface area (Å²) in [6.45, 7) is 1.38. The average molecular weight is 330 g/mol. The number of aliphatic hydroxyl groups excluding tert-OH is 1. The summed E-state index contributed by atoms with van der Waals surface area (Å²) in [5.74, 6) is -1.07. The first-order chi connectivity index (χ1) is 11.5. The monoisotopic (exact) mass is 330 g/mol. The molecule has 2 rings (SSSR count). The fourth-order valence-electron chi connectivity index (χ4n) is 2.79. The fraction of sp³-hybridized carbons (Fsp3) is 0.500. The number of carbonyl (C=O) groups excluding carboxylic acids is 2. The number of carbonyl (C=O) groups is 2. The van der Waals surface area contributed by atoms with Gasteiger partial charge in [-0.2, -0.15) is 5.26 Å². The summed E-state index contributed by atoms with van der Waals surface area (Å²) in [4.78, 5) is 24.3. The van der Waals surface area contributed by atoms with E-state index in [0.29, 0.717) is 24.0 Å². The summed E-state index contributed by atoms with van der Waals surface area (Å²) in [6, 6.07) is 8.52. The molecule has 128 valence electrons. The molecule has 0 saturated heterocycles. The molecular weight excluding hydrogens is 308 g/mol. The van der Waals surface area contributed by atoms with Crippen molar-refractivity contribution in [2.75, 3.05) is 0 Å². The highest BCUT2D eigenvalue weighted by Crippen LogP contribution is 2.27. The first-order valence-electron chi connectivity index (χ1n) is 8.14. The van der Waals surface area contributed by atoms with Gasteiger partial charge in [-0.15, -0.1) is 0 Å². The zero-order valence-electron chi connectivity index (χ0n) is 13.7. The number of amides is 1. The zero-order chi connectivity index (χ0) is 17.6. The third-order valence-corrected chi connectivity index (χ3v) is 4.31. The van der Waals surface area contributed by atoms with E-state index in [1.54, 1.807) is 12.1 Å². The number of ether oxygens (including phenoxy) is 1. The van der Waals surface area contributed by atoms with Gasteiger partial charge in [-0.1, -0.05) is 31.4 Å². The van der Waals surface area contributed by atoms with E-state index in [1.807, 2.05) is 0 Å². The third kappa shape index (κ3) is 4.33. The molecule has 1 aliphatic carbocycles. The molecule has 6 nitrogen and oxygen atoms in total. The summed E-state index contributed by atoms with van der Waals surface area (Å²) >= 11 is 0. The highest BCUT2D eigenvalue weighted by molar-refractivity contribution is 5.92. The smallest absolute Gasteiger partial charge is 0.338 e. The topological polar surface area (TPSA) is 99.4 Å². The highest BCUT2D eigenvalue weighted by Gasteiger charge is 2.35. The van der Waals surface area contributed by atoms with Crippen LogP contribution >= 0.6 is 0 Å². The molecule has 24 heavy (non-hydrogen) atoms. The summed E-state index contributed by atoms with van der Waals surface area (Å²) < 4.78 is 5.18. The highest BCUT2D eigenvalue weighted by atomic mass is 16.5. The number of hydrogen-bond acceptors (Lipinski definition) is 5. The van der Waals surface area contributed by atoms with Crippen LogP contribution in [-0.4, -0.2) is 28.6 Å². The molecule has 6 heteroatoms. The predicted molar refractivity (Wildman–Crippen MR) is 86.8 cm³/mol. The minimum absolute atomic E-state index is 0.107. The molecule has 1 aromatic carbocycles. The molecule has 1 atom stereocenters. The van der Waals surface area contributed by atoms with E-state index in [9.17, 15) is 14.9 Å². The van der Waals surface area contributed by atoms with Crippen molar-refractivity contribution < 1.29 is 19.4 Å². The van der Waals surface area contributed by atoms with E-state index in [-0.39, 0.29) is 6.61 Å². The van der Waals surface area contributed by atoms with Gasteiger partial charge in [-0.3, -0.25) is 4.79 Å². The summed E-state index contributed by atoms with van der Waals surface area (Å²) in [7, 11) is 0. The molecule has 0 aromatic heterocycles. The minimum Gasteiger partial charge on any atom is -0.449 e. The van der Waals surface area contributed by atoms with Crippen molar-refractivity contribution in [1.29, 1.82) is 5.26 Å². The van der Waals surface area contributed by atoms with Crippen molar-refractivity contribution in [2.24, 2.45) is 0 Å². The number of nitriles is 1. The zero-order valence-corrected chi connectivity index (χ0v) is 13.7. The van der Waals surface area contributed by atoms with Crippen LogP contribution in [-0.2, 0) is 16.1 Å². The van der Waals surface area contributed by atoms with Crippen LogP contribution in [0.4, 0.5) is 0 Å². The van der Waals surface area contributed by atoms with Gasteiger partial charge in [-0.05, 0) is 37.5 Å². The SMILES string of the molecule is C[C@@H](OC(=O)c1ccc(CO)cc1)C(=O)NC1(C#N)CCCCC1. The van der Waals surface area contributed by atoms with Crippen LogP contribution in [0.5, 0.6) is 0 Å². The molecule has 0 unspecified atom stereocenters. The molecule has 2 N–H and O–H groups in total. The van der Waals surface area contributed by atoms with Gasteiger partial charge in [0.15, 0.2) is 6.10 Å². The van der Waals surface area contributed by atoms with E-state index < -0.39 is 23.5 Å². The van der Waals surface area contributed by atoms with Crippen molar-refractivity contribution in [3.63, 3.8) is 0 Å². The van der Waals surface area contributed by atoms with Gasteiger partial charge < -0.3 is 15.2 Å². The maximum absolute atomic E-state index is 12.3. The quantitative estimate of drug-likeness (QED) is 0.805. The van der Waals surface area contributed by atoms with Crippen molar-refractivity contribution >= 4 is 11.9 Å². The van der Waals surface area contributed by atoms with Crippen LogP contribution in [0, 0.1) is 11.3 Å². The van der Waals surface area contributed by atoms with Crippen molar-refractivity contribution in [1.82, 2.24) is 5.32 Å². The van der Waals surface area contributed by atoms with E-state index in [4.69, 9.17) is 9.84 Å². The third-order valence-electron chi connectivity index (χ3n) is 4.31. The number of aliphatic hydroxyl groups is 1. The normalized spacial score (nSPS) is 17.4. The number of benzene rings is 1. The summed E-state index contributed by atoms with van der Waals surface area (Å²) in [6.07, 6.45) is 3.13. The number of hydrogen-bond donors (Lipinski definition) is 2. The Hall–Kier alpha value is -2.39. The summed E-state index contributed by atoms with van der Waals surface area (Å²) in [5, 5.41) is 21.1. The lowest BCUT2D eigenvalue weighted by Gasteiger charge is -2.32. The molecule has 0 spiro atoms. The Balaban J connectivity index is 1.95. The van der Waals surface area contributed by atoms with Crippen LogP contribution in [0.2, 0.25) is 0 Å². The van der Waals surface area contributed by atoms with Gasteiger partial charge in [0.05, 0.1) is 18.2 Å². The maximum Gasteiger partial charge on any atom is 0.338 e. The van der Waals surface area contributed by atoms with Crippen molar-refractivity contribution in [3.05, 3.63) is 35.4 Å². The van der Waals surface area contributed by atoms with Crippen molar-refractivity contribution in [3.8, 4) is 6.07 Å². The second-order valence-corrected chi connectivity index (χ2v) is 6.15. The van der Waals surface area contributed by atoms with Gasteiger partial charge in [-0.25, -0.2) is 4.79 Å². The Labute approximate surface area is 141 Å². The number of esters is 1. The van der Waals surface area contributed by atoms with Crippen molar-refractivity contribution in [2.45, 2.75) is 57.3 Å². The average Bonchev–Trinajstić information content (AvgIpc) is 2.62. The molecule has 0 aliphatic heterocycles. The van der Waals surface area contributed by atoms with Crippen LogP contribution in [0.3, 0.4) is 0 Å². The van der Waals surface area contributed by atoms with Gasteiger partial charge >= 0.3 is 5.97 Å². The van der Waals surface area contributed by atoms with Crippen LogP contribution < -0.4 is 5.32 Å². The summed E-state index contributed by atoms with van der Waals surface area (Å²) in [5.41, 5.74) is 0.142. The predicted octanol–water partition coefficient (Wildman–Crippen LogP) is 2.07. The lowest BCUT2D eigenvalue weighted by Crippen LogP contribution is -2.52. The molecule has 1 aliphatic rings. The largest absolute Gasteiger partial charge is 0.449 e. The van der Waals surface area contributed by atoms with E-state index >= 15 is 0 Å². The molecule has 0 heterocycles. The molecule has 1 fully saturated rings. The lowest BCUT2D eigenvalue weighted by molar-refractivity contribution is -0.130.